The van der Waals surface area contributed by atoms with Gasteiger partial charge in [-0.2, -0.15) is 10.2 Å². The Morgan fingerprint density at radius 2 is 2.10 bits per heavy atom. The van der Waals surface area contributed by atoms with Crippen LogP contribution in [0.1, 0.15) is 23.4 Å². The highest BCUT2D eigenvalue weighted by Gasteiger charge is 2.42. The number of halogens is 1. The molecule has 5 nitrogen and oxygen atoms in total. The van der Waals surface area contributed by atoms with E-state index in [0.29, 0.717) is 5.92 Å². The molecule has 1 aliphatic carbocycles. The predicted octanol–water partition coefficient (Wildman–Crippen LogP) is 3.70. The minimum absolute atomic E-state index is 0.0813. The minimum Gasteiger partial charge on any atom is -0.273 e. The van der Waals surface area contributed by atoms with Crippen LogP contribution in [0.3, 0.4) is 0 Å². The van der Waals surface area contributed by atoms with Crippen LogP contribution in [0.25, 0.3) is 5.69 Å². The highest BCUT2D eigenvalue weighted by molar-refractivity contribution is 7.78. The van der Waals surface area contributed by atoms with Gasteiger partial charge in [0.25, 0.3) is 0 Å². The Balaban J connectivity index is 1.72. The molecule has 2 unspecified atom stereocenters. The van der Waals surface area contributed by atoms with Crippen LogP contribution in [-0.2, 0) is 26.3 Å². The summed E-state index contributed by atoms with van der Waals surface area (Å²) in [6.45, 7) is 5.05. The number of rotatable bonds is 7. The van der Waals surface area contributed by atoms with Crippen molar-refractivity contribution in [2.75, 3.05) is 6.54 Å². The molecule has 0 saturated carbocycles. The number of fused-ring (bicyclic) bond motifs is 1. The van der Waals surface area contributed by atoms with Gasteiger partial charge in [-0.1, -0.05) is 18.9 Å². The first-order valence-electron chi connectivity index (χ1n) is 9.85. The maximum atomic E-state index is 13.4. The first kappa shape index (κ1) is 19.9. The van der Waals surface area contributed by atoms with Gasteiger partial charge in [0, 0.05) is 36.6 Å². The Kier molecular flexibility index (Phi) is 5.61. The van der Waals surface area contributed by atoms with Crippen LogP contribution in [0.2, 0.25) is 0 Å². The van der Waals surface area contributed by atoms with Gasteiger partial charge < -0.3 is 0 Å². The average molecular weight is 412 g/mol. The summed E-state index contributed by atoms with van der Waals surface area (Å²) in [5.74, 6) is 0.132. The zero-order chi connectivity index (χ0) is 20.4. The highest BCUT2D eigenvalue weighted by Crippen LogP contribution is 2.45. The van der Waals surface area contributed by atoms with E-state index in [1.54, 1.807) is 12.1 Å². The molecule has 4 rings (SSSR count). The van der Waals surface area contributed by atoms with Crippen molar-refractivity contribution >= 4 is 12.8 Å². The summed E-state index contributed by atoms with van der Waals surface area (Å²) in [5.41, 5.74) is 4.43. The van der Waals surface area contributed by atoms with Gasteiger partial charge in [0.2, 0.25) is 0 Å². The molecule has 2 aromatic heterocycles. The second kappa shape index (κ2) is 8.16. The molecule has 0 spiro atoms. The summed E-state index contributed by atoms with van der Waals surface area (Å²) in [6.07, 6.45) is 9.53. The third-order valence-electron chi connectivity index (χ3n) is 6.24. The molecule has 7 heteroatoms. The largest absolute Gasteiger partial charge is 0.273 e. The smallest absolute Gasteiger partial charge is 0.123 e. The van der Waals surface area contributed by atoms with E-state index in [-0.39, 0.29) is 11.2 Å². The number of benzene rings is 1. The Labute approximate surface area is 176 Å². The monoisotopic (exact) mass is 411 g/mol. The summed E-state index contributed by atoms with van der Waals surface area (Å²) in [4.78, 5) is 0. The maximum Gasteiger partial charge on any atom is 0.123 e. The Morgan fingerprint density at radius 1 is 1.31 bits per heavy atom. The molecule has 0 aliphatic heterocycles. The van der Waals surface area contributed by atoms with E-state index < -0.39 is 0 Å². The van der Waals surface area contributed by atoms with Crippen LogP contribution in [0.5, 0.6) is 0 Å². The third kappa shape index (κ3) is 3.76. The van der Waals surface area contributed by atoms with Gasteiger partial charge in [-0.3, -0.25) is 9.40 Å². The number of hydrogen-bond acceptors (Lipinski definition) is 4. The maximum absolute atomic E-state index is 13.4. The van der Waals surface area contributed by atoms with Gasteiger partial charge in [0.15, 0.2) is 0 Å². The van der Waals surface area contributed by atoms with Crippen molar-refractivity contribution in [3.8, 4) is 5.69 Å². The normalized spacial score (nSPS) is 21.1. The van der Waals surface area contributed by atoms with E-state index in [0.717, 1.165) is 37.9 Å². The molecule has 0 radical (unpaired) electrons. The van der Waals surface area contributed by atoms with E-state index >= 15 is 0 Å². The fraction of sp³-hybridized carbons (Fsp3) is 0.364. The molecular formula is C22H26FN5S. The molecule has 1 aliphatic rings. The van der Waals surface area contributed by atoms with Gasteiger partial charge in [0.05, 0.1) is 11.9 Å². The van der Waals surface area contributed by atoms with Crippen molar-refractivity contribution in [1.82, 2.24) is 24.3 Å². The highest BCUT2D eigenvalue weighted by atomic mass is 32.1. The number of nitrogens with one attached hydrogen (secondary N) is 1. The quantitative estimate of drug-likeness (QED) is 0.460. The lowest BCUT2D eigenvalue weighted by atomic mass is 9.62. The van der Waals surface area contributed by atoms with Crippen LogP contribution in [0.15, 0.2) is 55.4 Å². The molecule has 0 bridgehead atoms. The van der Waals surface area contributed by atoms with Crippen molar-refractivity contribution in [2.45, 2.75) is 25.7 Å². The van der Waals surface area contributed by atoms with Crippen LogP contribution in [-0.4, -0.2) is 26.1 Å². The summed E-state index contributed by atoms with van der Waals surface area (Å²) < 4.78 is 20.3. The van der Waals surface area contributed by atoms with E-state index in [2.05, 4.69) is 46.5 Å². The molecule has 0 amide bonds. The van der Waals surface area contributed by atoms with Crippen LogP contribution in [0.4, 0.5) is 4.39 Å². The van der Waals surface area contributed by atoms with Crippen molar-refractivity contribution in [3.63, 3.8) is 0 Å². The molecule has 1 N–H and O–H groups in total. The SMILES string of the molecule is C=CC1(Cc2ccnn2C)Cc2cnn(-c3ccc(F)cc3)c2CC1CCNS. The van der Waals surface area contributed by atoms with Gasteiger partial charge in [0.1, 0.15) is 5.82 Å². The molecule has 0 saturated heterocycles. The lowest BCUT2D eigenvalue weighted by Crippen LogP contribution is -2.40. The number of thiol groups is 1. The molecular weight excluding hydrogens is 385 g/mol. The average Bonchev–Trinajstić information content (AvgIpc) is 3.32. The Morgan fingerprint density at radius 3 is 2.76 bits per heavy atom. The topological polar surface area (TPSA) is 47.7 Å². The zero-order valence-corrected chi connectivity index (χ0v) is 17.4. The number of allylic oxidation sites excluding steroid dienone is 1. The number of aryl methyl sites for hydroxylation is 1. The van der Waals surface area contributed by atoms with Crippen molar-refractivity contribution in [1.29, 1.82) is 0 Å². The van der Waals surface area contributed by atoms with E-state index in [1.165, 1.54) is 29.1 Å². The second-order valence-electron chi connectivity index (χ2n) is 7.84. The van der Waals surface area contributed by atoms with E-state index in [4.69, 9.17) is 0 Å². The summed E-state index contributed by atoms with van der Waals surface area (Å²) in [7, 11) is 1.98. The van der Waals surface area contributed by atoms with Crippen LogP contribution < -0.4 is 4.72 Å². The molecule has 152 valence electrons. The summed E-state index contributed by atoms with van der Waals surface area (Å²) >= 11 is 4.20. The lowest BCUT2D eigenvalue weighted by molar-refractivity contribution is 0.189. The van der Waals surface area contributed by atoms with E-state index in [1.807, 2.05) is 28.8 Å². The fourth-order valence-electron chi connectivity index (χ4n) is 4.57. The molecule has 0 fully saturated rings. The van der Waals surface area contributed by atoms with Gasteiger partial charge in [-0.05, 0) is 67.5 Å². The van der Waals surface area contributed by atoms with E-state index in [9.17, 15) is 4.39 Å². The number of aromatic nitrogens is 4. The van der Waals surface area contributed by atoms with Gasteiger partial charge >= 0.3 is 0 Å². The molecule has 2 heterocycles. The first-order chi connectivity index (χ1) is 14.1. The van der Waals surface area contributed by atoms with Crippen LogP contribution >= 0.6 is 12.8 Å². The number of nitrogens with zero attached hydrogens (tertiary/aromatic N) is 4. The van der Waals surface area contributed by atoms with Gasteiger partial charge in [-0.25, -0.2) is 9.07 Å². The molecule has 2 atom stereocenters. The van der Waals surface area contributed by atoms with Crippen LogP contribution in [0, 0.1) is 17.2 Å². The molecule has 1 aromatic carbocycles. The minimum atomic E-state index is -0.241. The number of hydrogen-bond donors (Lipinski definition) is 2. The standard InChI is InChI=1S/C22H26FN5S/c1-3-22(14-20-9-10-24-27(20)2)13-16-15-25-28(19-6-4-18(23)5-7-19)21(16)12-17(22)8-11-26-29/h3-7,9-10,15,17,26,29H,1,8,11-14H2,2H3. The molecule has 3 aromatic rings. The Hall–Kier alpha value is -2.38. The first-order valence-corrected chi connectivity index (χ1v) is 10.3. The second-order valence-corrected chi connectivity index (χ2v) is 8.16. The zero-order valence-electron chi connectivity index (χ0n) is 16.6. The van der Waals surface area contributed by atoms with Gasteiger partial charge in [-0.15, -0.1) is 6.58 Å². The van der Waals surface area contributed by atoms with Crippen molar-refractivity contribution in [2.24, 2.45) is 18.4 Å². The lowest BCUT2D eigenvalue weighted by Gasteiger charge is -2.42. The predicted molar refractivity (Wildman–Crippen MR) is 116 cm³/mol. The fourth-order valence-corrected chi connectivity index (χ4v) is 4.70. The van der Waals surface area contributed by atoms with Crippen molar-refractivity contribution < 1.29 is 4.39 Å². The third-order valence-corrected chi connectivity index (χ3v) is 6.47. The summed E-state index contributed by atoms with van der Waals surface area (Å²) in [5, 5.41) is 8.98. The van der Waals surface area contributed by atoms with Crippen molar-refractivity contribution in [3.05, 3.63) is 78.1 Å². The summed E-state index contributed by atoms with van der Waals surface area (Å²) in [6, 6.07) is 8.59. The molecule has 29 heavy (non-hydrogen) atoms. The Bertz CT molecular complexity index is 993.